The van der Waals surface area contributed by atoms with Crippen molar-refractivity contribution in [2.45, 2.75) is 0 Å². The first kappa shape index (κ1) is 15.3. The number of rotatable bonds is 1. The van der Waals surface area contributed by atoms with E-state index in [9.17, 15) is 5.26 Å². The lowest BCUT2D eigenvalue weighted by molar-refractivity contribution is 1.19. The van der Waals surface area contributed by atoms with Crippen molar-refractivity contribution in [1.29, 1.82) is 5.26 Å². The predicted octanol–water partition coefficient (Wildman–Crippen LogP) is 3.48. The Hall–Kier alpha value is -3.77. The molecule has 128 valence electrons. The Morgan fingerprint density at radius 1 is 0.714 bits per heavy atom. The fourth-order valence-corrected chi connectivity index (χ4v) is 4.82. The predicted molar refractivity (Wildman–Crippen MR) is 117 cm³/mol. The van der Waals surface area contributed by atoms with Crippen LogP contribution in [-0.2, 0) is 0 Å². The molecular weight excluding hydrogens is 339 g/mol. The fraction of sp³-hybridized carbons (Fsp3) is 0. The maximum absolute atomic E-state index is 9.90. The van der Waals surface area contributed by atoms with E-state index in [-0.39, 0.29) is 6.71 Å². The smallest absolute Gasteiger partial charge is 0.248 e. The molecule has 0 bridgehead atoms. The summed E-state index contributed by atoms with van der Waals surface area (Å²) in [7, 11) is 0. The van der Waals surface area contributed by atoms with E-state index in [0.29, 0.717) is 0 Å². The van der Waals surface area contributed by atoms with Gasteiger partial charge < -0.3 is 4.57 Å². The van der Waals surface area contributed by atoms with E-state index in [1.54, 1.807) is 0 Å². The van der Waals surface area contributed by atoms with Crippen molar-refractivity contribution >= 4 is 44.9 Å². The van der Waals surface area contributed by atoms with Gasteiger partial charge in [0.05, 0.1) is 11.6 Å². The fourth-order valence-electron chi connectivity index (χ4n) is 4.82. The molecule has 3 heteroatoms. The molecule has 0 N–H and O–H groups in total. The Kier molecular flexibility index (Phi) is 3.07. The van der Waals surface area contributed by atoms with Crippen LogP contribution >= 0.6 is 0 Å². The molecule has 0 unspecified atom stereocenters. The molecule has 4 aromatic carbocycles. The zero-order valence-electron chi connectivity index (χ0n) is 15.1. The highest BCUT2D eigenvalue weighted by atomic mass is 15.0. The summed E-state index contributed by atoms with van der Waals surface area (Å²) in [4.78, 5) is 0. The molecule has 0 saturated carbocycles. The quantitative estimate of drug-likeness (QED) is 0.416. The molecule has 28 heavy (non-hydrogen) atoms. The zero-order chi connectivity index (χ0) is 18.7. The van der Waals surface area contributed by atoms with Gasteiger partial charge in [-0.15, -0.1) is 0 Å². The van der Waals surface area contributed by atoms with Gasteiger partial charge in [0.1, 0.15) is 0 Å². The minimum Gasteiger partial charge on any atom is -0.310 e. The zero-order valence-corrected chi connectivity index (χ0v) is 15.1. The molecule has 5 aromatic rings. The lowest BCUT2D eigenvalue weighted by Gasteiger charge is -2.27. The molecule has 1 aliphatic rings. The molecule has 0 radical (unpaired) electrons. The highest BCUT2D eigenvalue weighted by Crippen LogP contribution is 2.33. The van der Waals surface area contributed by atoms with Crippen LogP contribution in [0.25, 0.3) is 27.5 Å². The number of hydrogen-bond acceptors (Lipinski definition) is 1. The van der Waals surface area contributed by atoms with Gasteiger partial charge in [0, 0.05) is 27.5 Å². The third kappa shape index (κ3) is 1.87. The molecule has 2 heterocycles. The number of para-hydroxylation sites is 2. The maximum Gasteiger partial charge on any atom is 0.248 e. The first-order valence-electron chi connectivity index (χ1n) is 9.49. The number of benzene rings is 4. The second-order valence-electron chi connectivity index (χ2n) is 7.29. The number of aromatic nitrogens is 1. The number of nitrogens with zero attached hydrogens (tertiary/aromatic N) is 2. The largest absolute Gasteiger partial charge is 0.310 e. The van der Waals surface area contributed by atoms with E-state index in [4.69, 9.17) is 0 Å². The van der Waals surface area contributed by atoms with E-state index in [1.807, 2.05) is 18.2 Å². The summed E-state index contributed by atoms with van der Waals surface area (Å²) in [5, 5.41) is 12.4. The number of nitriles is 1. The van der Waals surface area contributed by atoms with E-state index >= 15 is 0 Å². The SMILES string of the molecule is N#Cc1cccc2c1B(c1ccccc1)c1cccc3c4ccccc4n-2c13. The van der Waals surface area contributed by atoms with Crippen LogP contribution in [0.4, 0.5) is 0 Å². The Balaban J connectivity index is 1.88. The standard InChI is InChI=1S/C25H15BN2/c27-16-17-8-6-15-23-24(17)26(18-9-2-1-3-10-18)21-13-7-12-20-19-11-4-5-14-22(19)28(23)25(20)21/h1-15H. The first-order valence-corrected chi connectivity index (χ1v) is 9.49. The van der Waals surface area contributed by atoms with Crippen molar-refractivity contribution in [3.05, 3.63) is 96.6 Å². The average Bonchev–Trinajstić information content (AvgIpc) is 3.10. The van der Waals surface area contributed by atoms with Gasteiger partial charge in [-0.3, -0.25) is 0 Å². The monoisotopic (exact) mass is 354 g/mol. The molecule has 0 atom stereocenters. The van der Waals surface area contributed by atoms with Gasteiger partial charge in [-0.2, -0.15) is 5.26 Å². The van der Waals surface area contributed by atoms with E-state index in [2.05, 4.69) is 83.4 Å². The van der Waals surface area contributed by atoms with Gasteiger partial charge in [0.2, 0.25) is 6.71 Å². The third-order valence-electron chi connectivity index (χ3n) is 5.90. The summed E-state index contributed by atoms with van der Waals surface area (Å²) in [6.45, 7) is 0.0487. The van der Waals surface area contributed by atoms with Crippen LogP contribution in [0.1, 0.15) is 5.56 Å². The van der Waals surface area contributed by atoms with Crippen LogP contribution in [0.5, 0.6) is 0 Å². The second kappa shape index (κ2) is 5.61. The molecule has 0 spiro atoms. The van der Waals surface area contributed by atoms with Gasteiger partial charge in [0.25, 0.3) is 0 Å². The van der Waals surface area contributed by atoms with Crippen LogP contribution in [0.2, 0.25) is 0 Å². The van der Waals surface area contributed by atoms with Crippen molar-refractivity contribution in [2.75, 3.05) is 0 Å². The Morgan fingerprint density at radius 2 is 1.46 bits per heavy atom. The Bertz CT molecular complexity index is 1420. The number of hydrogen-bond donors (Lipinski definition) is 0. The van der Waals surface area contributed by atoms with Crippen molar-refractivity contribution in [3.63, 3.8) is 0 Å². The van der Waals surface area contributed by atoms with E-state index in [1.165, 1.54) is 32.7 Å². The summed E-state index contributed by atoms with van der Waals surface area (Å²) in [5.74, 6) is 0. The normalized spacial score (nSPS) is 12.2. The van der Waals surface area contributed by atoms with Gasteiger partial charge in [0.15, 0.2) is 0 Å². The summed E-state index contributed by atoms with van der Waals surface area (Å²) in [6.07, 6.45) is 0. The second-order valence-corrected chi connectivity index (χ2v) is 7.29. The molecule has 0 fully saturated rings. The molecule has 0 amide bonds. The minimum atomic E-state index is 0.0487. The van der Waals surface area contributed by atoms with Crippen LogP contribution in [0.15, 0.2) is 91.0 Å². The molecule has 1 aliphatic heterocycles. The highest BCUT2D eigenvalue weighted by Gasteiger charge is 2.34. The van der Waals surface area contributed by atoms with Gasteiger partial charge in [-0.25, -0.2) is 0 Å². The molecule has 1 aromatic heterocycles. The third-order valence-corrected chi connectivity index (χ3v) is 5.90. The Morgan fingerprint density at radius 3 is 2.32 bits per heavy atom. The topological polar surface area (TPSA) is 28.7 Å². The van der Waals surface area contributed by atoms with Crippen LogP contribution in [-0.4, -0.2) is 11.3 Å². The first-order chi connectivity index (χ1) is 13.9. The summed E-state index contributed by atoms with van der Waals surface area (Å²) in [5.41, 5.74) is 7.86. The van der Waals surface area contributed by atoms with Crippen molar-refractivity contribution in [3.8, 4) is 11.8 Å². The highest BCUT2D eigenvalue weighted by molar-refractivity contribution is 6.98. The van der Waals surface area contributed by atoms with Crippen LogP contribution in [0, 0.1) is 11.3 Å². The maximum atomic E-state index is 9.90. The molecular formula is C25H15BN2. The van der Waals surface area contributed by atoms with Gasteiger partial charge in [-0.1, -0.05) is 78.3 Å². The Labute approximate surface area is 163 Å². The molecule has 6 rings (SSSR count). The average molecular weight is 354 g/mol. The molecule has 0 saturated heterocycles. The van der Waals surface area contributed by atoms with Crippen LogP contribution < -0.4 is 16.4 Å². The van der Waals surface area contributed by atoms with Crippen molar-refractivity contribution in [2.24, 2.45) is 0 Å². The van der Waals surface area contributed by atoms with Gasteiger partial charge in [-0.05, 0) is 29.1 Å². The minimum absolute atomic E-state index is 0.0487. The van der Waals surface area contributed by atoms with Crippen molar-refractivity contribution < 1.29 is 0 Å². The van der Waals surface area contributed by atoms with Crippen molar-refractivity contribution in [1.82, 2.24) is 4.57 Å². The van der Waals surface area contributed by atoms with E-state index in [0.717, 1.165) is 16.7 Å². The summed E-state index contributed by atoms with van der Waals surface area (Å²) in [6, 6.07) is 34.2. The lowest BCUT2D eigenvalue weighted by atomic mass is 9.35. The summed E-state index contributed by atoms with van der Waals surface area (Å²) >= 11 is 0. The molecule has 0 aliphatic carbocycles. The van der Waals surface area contributed by atoms with E-state index < -0.39 is 0 Å². The lowest BCUT2D eigenvalue weighted by Crippen LogP contribution is -2.56. The van der Waals surface area contributed by atoms with Gasteiger partial charge >= 0.3 is 0 Å². The van der Waals surface area contributed by atoms with Crippen LogP contribution in [0.3, 0.4) is 0 Å². The summed E-state index contributed by atoms with van der Waals surface area (Å²) < 4.78 is 2.34. The number of fused-ring (bicyclic) bond motifs is 5. The molecule has 2 nitrogen and oxygen atoms in total.